The van der Waals surface area contributed by atoms with Gasteiger partial charge in [0.2, 0.25) is 8.32 Å². The van der Waals surface area contributed by atoms with Crippen LogP contribution in [0.1, 0.15) is 79.7 Å². The number of nitrogens with zero attached hydrogens (tertiary/aromatic N) is 2. The first kappa shape index (κ1) is 28.5. The van der Waals surface area contributed by atoms with E-state index < -0.39 is 19.6 Å². The highest BCUT2D eigenvalue weighted by molar-refractivity contribution is 6.77. The summed E-state index contributed by atoms with van der Waals surface area (Å²) in [6.45, 7) is 18.3. The number of likely N-dealkylation sites (N-methyl/N-ethyl adjacent to an activating group) is 1. The van der Waals surface area contributed by atoms with E-state index in [2.05, 4.69) is 83.5 Å². The highest BCUT2D eigenvalue weighted by atomic mass is 28.4. The Balaban J connectivity index is 1.52. The summed E-state index contributed by atoms with van der Waals surface area (Å²) in [4.78, 5) is 18.9. The number of ether oxygens (including phenoxy) is 3. The molecule has 6 rings (SSSR count). The Morgan fingerprint density at radius 2 is 1.80 bits per heavy atom. The van der Waals surface area contributed by atoms with Gasteiger partial charge in [0.1, 0.15) is 11.5 Å². The monoisotopic (exact) mass is 570 g/mol. The zero-order chi connectivity index (χ0) is 29.0. The van der Waals surface area contributed by atoms with Crippen molar-refractivity contribution in [2.24, 2.45) is 5.41 Å². The van der Waals surface area contributed by atoms with Gasteiger partial charge >= 0.3 is 5.97 Å². The topological polar surface area (TPSA) is 60.5 Å². The number of hydrogen-bond acceptors (Lipinski definition) is 7. The molecule has 40 heavy (non-hydrogen) atoms. The Morgan fingerprint density at radius 3 is 2.38 bits per heavy atom. The van der Waals surface area contributed by atoms with Crippen LogP contribution in [0.3, 0.4) is 0 Å². The van der Waals surface area contributed by atoms with E-state index in [0.29, 0.717) is 23.0 Å². The molecule has 1 aromatic rings. The van der Waals surface area contributed by atoms with E-state index in [1.807, 2.05) is 0 Å². The van der Waals surface area contributed by atoms with Gasteiger partial charge in [0, 0.05) is 37.3 Å². The van der Waals surface area contributed by atoms with Gasteiger partial charge in [0.05, 0.1) is 31.8 Å². The zero-order valence-corrected chi connectivity index (χ0v) is 27.3. The molecule has 7 nitrogen and oxygen atoms in total. The van der Waals surface area contributed by atoms with E-state index >= 15 is 0 Å². The number of carbonyl (C=O) groups is 1. The second-order valence-corrected chi connectivity index (χ2v) is 19.7. The Kier molecular flexibility index (Phi) is 6.37. The molecule has 0 unspecified atom stereocenters. The van der Waals surface area contributed by atoms with Crippen molar-refractivity contribution in [3.8, 4) is 5.75 Å². The summed E-state index contributed by atoms with van der Waals surface area (Å²) >= 11 is 0. The van der Waals surface area contributed by atoms with Crippen LogP contribution in [0, 0.1) is 5.41 Å². The van der Waals surface area contributed by atoms with E-state index in [1.54, 1.807) is 7.11 Å². The number of anilines is 1. The third-order valence-corrected chi connectivity index (χ3v) is 18.3. The summed E-state index contributed by atoms with van der Waals surface area (Å²) in [7, 11) is 3.27. The van der Waals surface area contributed by atoms with Gasteiger partial charge in [-0.2, -0.15) is 0 Å². The number of rotatable bonds is 8. The first-order valence-electron chi connectivity index (χ1n) is 15.5. The predicted molar refractivity (Wildman–Crippen MR) is 159 cm³/mol. The fraction of sp³-hybridized carbons (Fsp3) is 0.781. The van der Waals surface area contributed by atoms with Gasteiger partial charge in [0.25, 0.3) is 0 Å². The van der Waals surface area contributed by atoms with Crippen LogP contribution in [0.15, 0.2) is 18.2 Å². The number of fused-ring (bicyclic) bond motifs is 3. The molecule has 2 bridgehead atoms. The summed E-state index contributed by atoms with van der Waals surface area (Å²) in [6.07, 6.45) is 3.61. The minimum absolute atomic E-state index is 0.118. The largest absolute Gasteiger partial charge is 0.497 e. The first-order valence-corrected chi connectivity index (χ1v) is 17.6. The molecule has 8 heteroatoms. The maximum Gasteiger partial charge on any atom is 0.340 e. The highest BCUT2D eigenvalue weighted by Crippen LogP contribution is 2.79. The van der Waals surface area contributed by atoms with Crippen molar-refractivity contribution in [2.75, 3.05) is 39.3 Å². The molecule has 6 atom stereocenters. The lowest BCUT2D eigenvalue weighted by molar-refractivity contribution is -0.222. The van der Waals surface area contributed by atoms with Crippen molar-refractivity contribution >= 4 is 20.0 Å². The fourth-order valence-corrected chi connectivity index (χ4v) is 16.8. The summed E-state index contributed by atoms with van der Waals surface area (Å²) in [6, 6.07) is 6.35. The molecule has 2 spiro atoms. The summed E-state index contributed by atoms with van der Waals surface area (Å²) < 4.78 is 26.1. The molecule has 4 fully saturated rings. The molecule has 0 amide bonds. The molecule has 1 aromatic carbocycles. The van der Waals surface area contributed by atoms with Crippen molar-refractivity contribution in [3.05, 3.63) is 23.8 Å². The predicted octanol–water partition coefficient (Wildman–Crippen LogP) is 5.86. The summed E-state index contributed by atoms with van der Waals surface area (Å²) in [5, 5.41) is 0. The van der Waals surface area contributed by atoms with Gasteiger partial charge in [-0.1, -0.05) is 54.5 Å². The second-order valence-electron chi connectivity index (χ2n) is 14.3. The summed E-state index contributed by atoms with van der Waals surface area (Å²) in [5.41, 5.74) is 1.89. The first-order chi connectivity index (χ1) is 18.9. The Labute approximate surface area is 242 Å². The standard InChI is InChI=1S/C32H50N2O5Si/c1-11-29-17-24(38-40(20(2)3,21(4)5)22(6)7)18-34-15-14-30-25-13-12-23(36-9)16-26(25)33(8)27(30)31(19-29,28(35)37-10)39-32(29,30)34/h12-13,16,20-22,24,27H,11,14-15,17-19H2,1-10H3/t24-,27+,29-,30-,31+,32-/m0/s1. The number of carbonyl (C=O) groups excluding carboxylic acids is 1. The molecule has 5 aliphatic heterocycles. The van der Waals surface area contributed by atoms with E-state index in [4.69, 9.17) is 18.6 Å². The van der Waals surface area contributed by atoms with E-state index in [9.17, 15) is 4.79 Å². The van der Waals surface area contributed by atoms with Crippen LogP contribution in [0.25, 0.3) is 0 Å². The second kappa shape index (κ2) is 8.95. The van der Waals surface area contributed by atoms with Gasteiger partial charge in [-0.15, -0.1) is 0 Å². The maximum absolute atomic E-state index is 14.0. The van der Waals surface area contributed by atoms with Crippen molar-refractivity contribution in [1.82, 2.24) is 4.90 Å². The Morgan fingerprint density at radius 1 is 1.12 bits per heavy atom. The quantitative estimate of drug-likeness (QED) is 0.287. The fourth-order valence-electron chi connectivity index (χ4n) is 11.2. The maximum atomic E-state index is 14.0. The Bertz CT molecular complexity index is 1180. The van der Waals surface area contributed by atoms with Crippen LogP contribution in [-0.4, -0.2) is 77.0 Å². The molecular formula is C32H50N2O5Si. The molecule has 0 aromatic heterocycles. The van der Waals surface area contributed by atoms with Crippen LogP contribution in [0.4, 0.5) is 5.69 Å². The van der Waals surface area contributed by atoms with Crippen molar-refractivity contribution in [2.45, 2.75) is 120 Å². The molecule has 5 aliphatic rings. The lowest BCUT2D eigenvalue weighted by atomic mass is 9.49. The minimum Gasteiger partial charge on any atom is -0.497 e. The molecule has 0 saturated carbocycles. The minimum atomic E-state index is -2.09. The number of hydrogen-bond donors (Lipinski definition) is 0. The average Bonchev–Trinajstić information content (AvgIpc) is 3.58. The molecule has 4 saturated heterocycles. The molecular weight excluding hydrogens is 520 g/mol. The summed E-state index contributed by atoms with van der Waals surface area (Å²) in [5.74, 6) is 0.605. The lowest BCUT2D eigenvalue weighted by Crippen LogP contribution is -2.73. The number of piperidine rings is 1. The van der Waals surface area contributed by atoms with Crippen molar-refractivity contribution < 1.29 is 23.4 Å². The van der Waals surface area contributed by atoms with Crippen LogP contribution in [0.5, 0.6) is 5.75 Å². The van der Waals surface area contributed by atoms with Gasteiger partial charge in [-0.05, 0) is 53.9 Å². The Hall–Kier alpha value is -1.61. The van der Waals surface area contributed by atoms with Crippen LogP contribution >= 0.6 is 0 Å². The zero-order valence-electron chi connectivity index (χ0n) is 26.3. The van der Waals surface area contributed by atoms with Gasteiger partial charge in [0.15, 0.2) is 5.60 Å². The van der Waals surface area contributed by atoms with Crippen LogP contribution in [-0.2, 0) is 24.1 Å². The van der Waals surface area contributed by atoms with E-state index in [1.165, 1.54) is 12.7 Å². The van der Waals surface area contributed by atoms with E-state index in [-0.39, 0.29) is 28.9 Å². The van der Waals surface area contributed by atoms with E-state index in [0.717, 1.165) is 43.8 Å². The molecule has 0 radical (unpaired) electrons. The van der Waals surface area contributed by atoms with Crippen molar-refractivity contribution in [1.29, 1.82) is 0 Å². The molecule has 0 N–H and O–H groups in total. The molecule has 5 heterocycles. The van der Waals surface area contributed by atoms with Crippen LogP contribution in [0.2, 0.25) is 16.6 Å². The third kappa shape index (κ3) is 2.94. The SMILES string of the molecule is CC[C@]12C[C@H](O[Si](C(C)C)(C(C)C)C(C)C)CN3CC[C@]45c6ccc(OC)cc6N(C)[C@H]4[C@@](C(=O)OC)(C1)O[C@@]325. The molecule has 0 aliphatic carbocycles. The average molecular weight is 571 g/mol. The van der Waals surface area contributed by atoms with Gasteiger partial charge in [-0.25, -0.2) is 4.79 Å². The van der Waals surface area contributed by atoms with Crippen LogP contribution < -0.4 is 9.64 Å². The number of esters is 1. The number of methoxy groups -OCH3 is 2. The van der Waals surface area contributed by atoms with Gasteiger partial charge in [-0.3, -0.25) is 4.90 Å². The number of benzene rings is 1. The van der Waals surface area contributed by atoms with Gasteiger partial charge < -0.3 is 23.5 Å². The lowest BCUT2D eigenvalue weighted by Gasteiger charge is -2.60. The third-order valence-electron chi connectivity index (χ3n) is 12.2. The normalized spacial score (nSPS) is 37.9. The smallest absolute Gasteiger partial charge is 0.340 e. The molecule has 222 valence electrons. The highest BCUT2D eigenvalue weighted by Gasteiger charge is 2.91. The van der Waals surface area contributed by atoms with Crippen molar-refractivity contribution in [3.63, 3.8) is 0 Å².